The largest absolute Gasteiger partial charge is 0.469 e. The third kappa shape index (κ3) is 4.96. The molecule has 3 aromatic rings. The van der Waals surface area contributed by atoms with Gasteiger partial charge in [0.05, 0.1) is 6.26 Å². The minimum absolute atomic E-state index is 0.0416. The van der Waals surface area contributed by atoms with Gasteiger partial charge in [0.15, 0.2) is 0 Å². The first-order chi connectivity index (χ1) is 14.5. The number of rotatable bonds is 10. The maximum atomic E-state index is 6.96. The first kappa shape index (κ1) is 22.6. The lowest BCUT2D eigenvalue weighted by molar-refractivity contribution is 0.286. The van der Waals surface area contributed by atoms with Gasteiger partial charge >= 0.3 is 0 Å². The summed E-state index contributed by atoms with van der Waals surface area (Å²) in [4.78, 5) is 0. The first-order valence-electron chi connectivity index (χ1n) is 11.3. The summed E-state index contributed by atoms with van der Waals surface area (Å²) >= 11 is 0. The van der Waals surface area contributed by atoms with Crippen LogP contribution in [0.15, 0.2) is 77.4 Å². The molecule has 3 rings (SSSR count). The summed E-state index contributed by atoms with van der Waals surface area (Å²) < 4.78 is 12.6. The standard InChI is InChI=1S/C27H36O2Si/c1-5-23-20-22-28-26(23)19-13-8-14-21-29-30(27(2,3)4,24-15-9-6-10-16-24)25-17-11-7-12-18-25/h6-7,9-12,15-18,20,22H,5,8,13-14,19,21H2,1-4H3. The number of hydrogen-bond acceptors (Lipinski definition) is 2. The fourth-order valence-corrected chi connectivity index (χ4v) is 9.06. The highest BCUT2D eigenvalue weighted by Crippen LogP contribution is 2.36. The Kier molecular flexibility index (Phi) is 7.73. The number of unbranched alkanes of at least 4 members (excludes halogenated alkanes) is 2. The molecule has 0 aliphatic carbocycles. The molecule has 2 aromatic carbocycles. The Bertz CT molecular complexity index is 838. The van der Waals surface area contributed by atoms with Crippen LogP contribution in [-0.2, 0) is 17.3 Å². The van der Waals surface area contributed by atoms with Crippen LogP contribution >= 0.6 is 0 Å². The van der Waals surface area contributed by atoms with Gasteiger partial charge in [-0.05, 0) is 46.3 Å². The van der Waals surface area contributed by atoms with Gasteiger partial charge in [-0.25, -0.2) is 0 Å². The Morgan fingerprint density at radius 1 is 0.800 bits per heavy atom. The van der Waals surface area contributed by atoms with E-state index in [2.05, 4.69) is 94.4 Å². The molecule has 0 aliphatic rings. The molecular weight excluding hydrogens is 384 g/mol. The van der Waals surface area contributed by atoms with Gasteiger partial charge < -0.3 is 8.84 Å². The van der Waals surface area contributed by atoms with Gasteiger partial charge in [0.1, 0.15) is 5.76 Å². The summed E-state index contributed by atoms with van der Waals surface area (Å²) in [6.07, 6.45) is 7.26. The van der Waals surface area contributed by atoms with Gasteiger partial charge in [-0.3, -0.25) is 0 Å². The van der Waals surface area contributed by atoms with Crippen molar-refractivity contribution in [2.75, 3.05) is 6.61 Å². The summed E-state index contributed by atoms with van der Waals surface area (Å²) in [6.45, 7) is 9.99. The Labute approximate surface area is 183 Å². The molecule has 0 unspecified atom stereocenters. The van der Waals surface area contributed by atoms with Crippen molar-refractivity contribution < 1.29 is 8.84 Å². The van der Waals surface area contributed by atoms with E-state index in [0.717, 1.165) is 44.5 Å². The highest BCUT2D eigenvalue weighted by Gasteiger charge is 2.49. The molecule has 0 saturated heterocycles. The van der Waals surface area contributed by atoms with Crippen molar-refractivity contribution in [2.45, 2.75) is 64.8 Å². The lowest BCUT2D eigenvalue weighted by atomic mass is 10.1. The average molecular weight is 421 g/mol. The molecular formula is C27H36O2Si. The summed E-state index contributed by atoms with van der Waals surface area (Å²) in [5.74, 6) is 1.16. The normalized spacial score (nSPS) is 12.3. The fraction of sp³-hybridized carbons (Fsp3) is 0.407. The minimum Gasteiger partial charge on any atom is -0.469 e. The molecule has 0 atom stereocenters. The molecule has 160 valence electrons. The molecule has 2 nitrogen and oxygen atoms in total. The van der Waals surface area contributed by atoms with E-state index in [1.807, 2.05) is 6.26 Å². The van der Waals surface area contributed by atoms with Crippen LogP contribution in [0, 0.1) is 0 Å². The van der Waals surface area contributed by atoms with E-state index in [4.69, 9.17) is 8.84 Å². The topological polar surface area (TPSA) is 22.4 Å². The van der Waals surface area contributed by atoms with E-state index in [1.165, 1.54) is 15.9 Å². The third-order valence-electron chi connectivity index (χ3n) is 6.00. The van der Waals surface area contributed by atoms with Crippen molar-refractivity contribution in [3.63, 3.8) is 0 Å². The van der Waals surface area contributed by atoms with Crippen LogP contribution in [-0.4, -0.2) is 14.9 Å². The molecule has 0 bridgehead atoms. The van der Waals surface area contributed by atoms with Crippen molar-refractivity contribution in [3.8, 4) is 0 Å². The van der Waals surface area contributed by atoms with E-state index in [0.29, 0.717) is 0 Å². The zero-order valence-corrected chi connectivity index (χ0v) is 20.0. The van der Waals surface area contributed by atoms with E-state index >= 15 is 0 Å². The van der Waals surface area contributed by atoms with Crippen molar-refractivity contribution in [1.82, 2.24) is 0 Å². The van der Waals surface area contributed by atoms with Crippen molar-refractivity contribution in [2.24, 2.45) is 0 Å². The molecule has 0 saturated carbocycles. The number of hydrogen-bond donors (Lipinski definition) is 0. The summed E-state index contributed by atoms with van der Waals surface area (Å²) in [6, 6.07) is 23.9. The summed E-state index contributed by atoms with van der Waals surface area (Å²) in [7, 11) is -2.40. The van der Waals surface area contributed by atoms with Crippen LogP contribution in [0.4, 0.5) is 0 Å². The maximum Gasteiger partial charge on any atom is 0.261 e. The second-order valence-electron chi connectivity index (χ2n) is 9.04. The predicted octanol–water partition coefficient (Wildman–Crippen LogP) is 6.13. The van der Waals surface area contributed by atoms with Gasteiger partial charge in [0.2, 0.25) is 0 Å². The Balaban J connectivity index is 1.70. The SMILES string of the molecule is CCc1ccoc1CCCCCO[Si](c1ccccc1)(c1ccccc1)C(C)(C)C. The Hall–Kier alpha value is -2.10. The molecule has 30 heavy (non-hydrogen) atoms. The zero-order chi connectivity index (χ0) is 21.5. The molecule has 0 N–H and O–H groups in total. The maximum absolute atomic E-state index is 6.96. The van der Waals surface area contributed by atoms with Crippen molar-refractivity contribution in [3.05, 3.63) is 84.3 Å². The second kappa shape index (κ2) is 10.3. The summed E-state index contributed by atoms with van der Waals surface area (Å²) in [5.41, 5.74) is 1.35. The zero-order valence-electron chi connectivity index (χ0n) is 19.0. The highest BCUT2D eigenvalue weighted by molar-refractivity contribution is 6.99. The number of furan rings is 1. The van der Waals surface area contributed by atoms with E-state index in [-0.39, 0.29) is 5.04 Å². The number of aryl methyl sites for hydroxylation is 2. The van der Waals surface area contributed by atoms with Crippen LogP contribution < -0.4 is 10.4 Å². The Morgan fingerprint density at radius 3 is 1.93 bits per heavy atom. The van der Waals surface area contributed by atoms with Crippen molar-refractivity contribution >= 4 is 18.7 Å². The van der Waals surface area contributed by atoms with E-state index in [1.54, 1.807) is 0 Å². The smallest absolute Gasteiger partial charge is 0.261 e. The average Bonchev–Trinajstić information content (AvgIpc) is 3.21. The van der Waals surface area contributed by atoms with Gasteiger partial charge in [0, 0.05) is 13.0 Å². The number of benzene rings is 2. The van der Waals surface area contributed by atoms with Gasteiger partial charge in [-0.15, -0.1) is 0 Å². The van der Waals surface area contributed by atoms with Gasteiger partial charge in [-0.2, -0.15) is 0 Å². The minimum atomic E-state index is -2.40. The molecule has 0 aliphatic heterocycles. The molecule has 0 spiro atoms. The van der Waals surface area contributed by atoms with Crippen LogP contribution in [0.25, 0.3) is 0 Å². The Morgan fingerprint density at radius 2 is 1.40 bits per heavy atom. The second-order valence-corrected chi connectivity index (χ2v) is 13.4. The van der Waals surface area contributed by atoms with E-state index in [9.17, 15) is 0 Å². The van der Waals surface area contributed by atoms with Crippen LogP contribution in [0.5, 0.6) is 0 Å². The van der Waals surface area contributed by atoms with Crippen molar-refractivity contribution in [1.29, 1.82) is 0 Å². The predicted molar refractivity (Wildman–Crippen MR) is 129 cm³/mol. The lowest BCUT2D eigenvalue weighted by Gasteiger charge is -2.43. The lowest BCUT2D eigenvalue weighted by Crippen LogP contribution is -2.66. The van der Waals surface area contributed by atoms with Crippen LogP contribution in [0.3, 0.4) is 0 Å². The molecule has 1 aromatic heterocycles. The summed E-state index contributed by atoms with van der Waals surface area (Å²) in [5, 5.41) is 2.75. The third-order valence-corrected chi connectivity index (χ3v) is 11.0. The molecule has 0 amide bonds. The monoisotopic (exact) mass is 420 g/mol. The first-order valence-corrected chi connectivity index (χ1v) is 13.2. The van der Waals surface area contributed by atoms with Crippen LogP contribution in [0.1, 0.15) is 58.3 Å². The molecule has 0 fully saturated rings. The molecule has 3 heteroatoms. The fourth-order valence-electron chi connectivity index (χ4n) is 4.45. The molecule has 0 radical (unpaired) electrons. The highest BCUT2D eigenvalue weighted by atomic mass is 28.4. The molecule has 1 heterocycles. The van der Waals surface area contributed by atoms with Gasteiger partial charge in [-0.1, -0.05) is 94.8 Å². The van der Waals surface area contributed by atoms with Gasteiger partial charge in [0.25, 0.3) is 8.32 Å². The quantitative estimate of drug-likeness (QED) is 0.291. The van der Waals surface area contributed by atoms with Crippen LogP contribution in [0.2, 0.25) is 5.04 Å². The van der Waals surface area contributed by atoms with E-state index < -0.39 is 8.32 Å².